The molecule has 0 amide bonds. The number of likely N-dealkylation sites (N-methyl/N-ethyl adjacent to an activating group) is 1. The molecule has 2 aromatic rings. The van der Waals surface area contributed by atoms with Crippen LogP contribution in [-0.2, 0) is 6.54 Å². The smallest absolute Gasteiger partial charge is 0.0705 e. The molecule has 1 aliphatic heterocycles. The molecular weight excluding hydrogens is 246 g/mol. The lowest BCUT2D eigenvalue weighted by atomic mass is 10.1. The van der Waals surface area contributed by atoms with Gasteiger partial charge in [-0.1, -0.05) is 31.2 Å². The average Bonchev–Trinajstić information content (AvgIpc) is 2.53. The van der Waals surface area contributed by atoms with Crippen LogP contribution in [0.15, 0.2) is 36.4 Å². The number of rotatable bonds is 4. The number of aromatic nitrogens is 1. The zero-order valence-corrected chi connectivity index (χ0v) is 12.2. The Morgan fingerprint density at radius 1 is 1.25 bits per heavy atom. The Balaban J connectivity index is 1.76. The summed E-state index contributed by atoms with van der Waals surface area (Å²) in [5, 5.41) is 4.72. The number of para-hydroxylation sites is 1. The molecule has 1 aromatic carbocycles. The highest BCUT2D eigenvalue weighted by atomic mass is 15.2. The quantitative estimate of drug-likeness (QED) is 0.925. The maximum atomic E-state index is 4.80. The molecule has 1 fully saturated rings. The molecule has 20 heavy (non-hydrogen) atoms. The van der Waals surface area contributed by atoms with Gasteiger partial charge >= 0.3 is 0 Å². The summed E-state index contributed by atoms with van der Waals surface area (Å²) in [7, 11) is 0. The number of hydrogen-bond acceptors (Lipinski definition) is 3. The van der Waals surface area contributed by atoms with E-state index in [0.29, 0.717) is 6.04 Å². The molecule has 1 saturated heterocycles. The van der Waals surface area contributed by atoms with Crippen LogP contribution in [0.1, 0.15) is 25.5 Å². The number of fused-ring (bicyclic) bond motifs is 1. The van der Waals surface area contributed by atoms with Crippen molar-refractivity contribution >= 4 is 10.9 Å². The summed E-state index contributed by atoms with van der Waals surface area (Å²) in [6.07, 6.45) is 2.58. The topological polar surface area (TPSA) is 28.2 Å². The van der Waals surface area contributed by atoms with Crippen molar-refractivity contribution in [3.8, 4) is 0 Å². The van der Waals surface area contributed by atoms with Crippen molar-refractivity contribution in [2.45, 2.75) is 32.4 Å². The van der Waals surface area contributed by atoms with Gasteiger partial charge in [-0.05, 0) is 38.1 Å². The van der Waals surface area contributed by atoms with E-state index in [1.54, 1.807) is 0 Å². The Hall–Kier alpha value is -1.45. The van der Waals surface area contributed by atoms with Gasteiger partial charge in [-0.3, -0.25) is 9.88 Å². The van der Waals surface area contributed by atoms with Crippen LogP contribution in [0.4, 0.5) is 0 Å². The molecule has 0 bridgehead atoms. The first-order chi connectivity index (χ1) is 9.86. The van der Waals surface area contributed by atoms with Gasteiger partial charge in [0.2, 0.25) is 0 Å². The van der Waals surface area contributed by atoms with Crippen molar-refractivity contribution in [1.29, 1.82) is 0 Å². The van der Waals surface area contributed by atoms with Gasteiger partial charge in [0, 0.05) is 24.5 Å². The van der Waals surface area contributed by atoms with E-state index in [9.17, 15) is 0 Å². The van der Waals surface area contributed by atoms with E-state index in [1.807, 2.05) is 0 Å². The summed E-state index contributed by atoms with van der Waals surface area (Å²) >= 11 is 0. The van der Waals surface area contributed by atoms with Gasteiger partial charge in [-0.25, -0.2) is 0 Å². The first kappa shape index (κ1) is 13.5. The molecule has 1 N–H and O–H groups in total. The number of pyridine rings is 1. The fraction of sp³-hybridized carbons (Fsp3) is 0.471. The van der Waals surface area contributed by atoms with Crippen LogP contribution in [0, 0.1) is 0 Å². The minimum Gasteiger partial charge on any atom is -0.315 e. The molecule has 106 valence electrons. The zero-order valence-electron chi connectivity index (χ0n) is 12.2. The number of nitrogens with one attached hydrogen (secondary N) is 1. The Morgan fingerprint density at radius 3 is 2.95 bits per heavy atom. The van der Waals surface area contributed by atoms with Gasteiger partial charge in [0.15, 0.2) is 0 Å². The van der Waals surface area contributed by atoms with Crippen LogP contribution in [0.25, 0.3) is 10.9 Å². The second kappa shape index (κ2) is 6.33. The van der Waals surface area contributed by atoms with Crippen LogP contribution in [-0.4, -0.2) is 35.6 Å². The second-order valence-corrected chi connectivity index (χ2v) is 5.56. The van der Waals surface area contributed by atoms with Gasteiger partial charge in [-0.15, -0.1) is 0 Å². The Labute approximate surface area is 121 Å². The van der Waals surface area contributed by atoms with Gasteiger partial charge in [0.1, 0.15) is 0 Å². The van der Waals surface area contributed by atoms with Gasteiger partial charge < -0.3 is 5.32 Å². The molecular formula is C17H23N3. The molecule has 0 aliphatic carbocycles. The first-order valence-corrected chi connectivity index (χ1v) is 7.66. The third-order valence-corrected chi connectivity index (χ3v) is 4.21. The fourth-order valence-electron chi connectivity index (χ4n) is 3.05. The number of hydrogen-bond donors (Lipinski definition) is 1. The maximum absolute atomic E-state index is 4.80. The molecule has 0 saturated carbocycles. The summed E-state index contributed by atoms with van der Waals surface area (Å²) < 4.78 is 0. The predicted octanol–water partition coefficient (Wildman–Crippen LogP) is 2.81. The molecule has 3 nitrogen and oxygen atoms in total. The second-order valence-electron chi connectivity index (χ2n) is 5.56. The third-order valence-electron chi connectivity index (χ3n) is 4.21. The largest absolute Gasteiger partial charge is 0.315 e. The number of benzene rings is 1. The maximum Gasteiger partial charge on any atom is 0.0705 e. The van der Waals surface area contributed by atoms with Crippen molar-refractivity contribution in [3.63, 3.8) is 0 Å². The summed E-state index contributed by atoms with van der Waals surface area (Å²) in [5.41, 5.74) is 2.28. The van der Waals surface area contributed by atoms with E-state index >= 15 is 0 Å². The lowest BCUT2D eigenvalue weighted by Crippen LogP contribution is -2.45. The molecule has 1 atom stereocenters. The molecule has 0 radical (unpaired) electrons. The Morgan fingerprint density at radius 2 is 2.15 bits per heavy atom. The Bertz CT molecular complexity index is 561. The van der Waals surface area contributed by atoms with Crippen LogP contribution in [0.3, 0.4) is 0 Å². The molecule has 1 unspecified atom stereocenters. The summed E-state index contributed by atoms with van der Waals surface area (Å²) in [6.45, 7) is 6.56. The minimum atomic E-state index is 0.655. The molecule has 1 aliphatic rings. The molecule has 2 heterocycles. The summed E-state index contributed by atoms with van der Waals surface area (Å²) in [4.78, 5) is 7.34. The highest BCUT2D eigenvalue weighted by molar-refractivity contribution is 5.78. The number of piperidine rings is 1. The molecule has 3 heteroatoms. The van der Waals surface area contributed by atoms with E-state index in [2.05, 4.69) is 53.5 Å². The van der Waals surface area contributed by atoms with Crippen LogP contribution in [0.2, 0.25) is 0 Å². The minimum absolute atomic E-state index is 0.655. The van der Waals surface area contributed by atoms with Crippen molar-refractivity contribution in [2.24, 2.45) is 0 Å². The van der Waals surface area contributed by atoms with E-state index in [-0.39, 0.29) is 0 Å². The SMILES string of the molecule is CCN(Cc1ccc2ccccc2n1)C1CCCNC1. The van der Waals surface area contributed by atoms with Crippen molar-refractivity contribution in [2.75, 3.05) is 19.6 Å². The summed E-state index contributed by atoms with van der Waals surface area (Å²) in [6, 6.07) is 13.3. The van der Waals surface area contributed by atoms with Gasteiger partial charge in [-0.2, -0.15) is 0 Å². The average molecular weight is 269 g/mol. The van der Waals surface area contributed by atoms with E-state index in [0.717, 1.165) is 25.2 Å². The molecule has 0 spiro atoms. The van der Waals surface area contributed by atoms with Crippen molar-refractivity contribution in [1.82, 2.24) is 15.2 Å². The van der Waals surface area contributed by atoms with Crippen LogP contribution in [0.5, 0.6) is 0 Å². The van der Waals surface area contributed by atoms with E-state index < -0.39 is 0 Å². The first-order valence-electron chi connectivity index (χ1n) is 7.66. The molecule has 1 aromatic heterocycles. The normalized spacial score (nSPS) is 19.6. The van der Waals surface area contributed by atoms with Crippen LogP contribution < -0.4 is 5.32 Å². The number of nitrogens with zero attached hydrogens (tertiary/aromatic N) is 2. The van der Waals surface area contributed by atoms with Crippen molar-refractivity contribution < 1.29 is 0 Å². The molecule has 3 rings (SSSR count). The standard InChI is InChI=1S/C17H23N3/c1-2-20(16-7-5-11-18-12-16)13-15-10-9-14-6-3-4-8-17(14)19-15/h3-4,6,8-10,16,18H,2,5,7,11-13H2,1H3. The summed E-state index contributed by atoms with van der Waals surface area (Å²) in [5.74, 6) is 0. The fourth-order valence-corrected chi connectivity index (χ4v) is 3.05. The van der Waals surface area contributed by atoms with Crippen molar-refractivity contribution in [3.05, 3.63) is 42.1 Å². The Kier molecular flexibility index (Phi) is 4.28. The predicted molar refractivity (Wildman–Crippen MR) is 83.7 cm³/mol. The highest BCUT2D eigenvalue weighted by Gasteiger charge is 2.19. The zero-order chi connectivity index (χ0) is 13.8. The van der Waals surface area contributed by atoms with Gasteiger partial charge in [0.25, 0.3) is 0 Å². The van der Waals surface area contributed by atoms with Crippen LogP contribution >= 0.6 is 0 Å². The third kappa shape index (κ3) is 3.00. The van der Waals surface area contributed by atoms with Gasteiger partial charge in [0.05, 0.1) is 11.2 Å². The lowest BCUT2D eigenvalue weighted by molar-refractivity contribution is 0.164. The van der Waals surface area contributed by atoms with E-state index in [4.69, 9.17) is 4.98 Å². The van der Waals surface area contributed by atoms with E-state index in [1.165, 1.54) is 30.5 Å². The monoisotopic (exact) mass is 269 g/mol. The lowest BCUT2D eigenvalue weighted by Gasteiger charge is -2.33. The highest BCUT2D eigenvalue weighted by Crippen LogP contribution is 2.16.